The molecule has 0 radical (unpaired) electrons. The average Bonchev–Trinajstić information content (AvgIpc) is 2.18. The Bertz CT molecular complexity index is 195. The normalized spacial score (nSPS) is 9.47. The Morgan fingerprint density at radius 1 is 1.33 bits per heavy atom. The van der Waals surface area contributed by atoms with Crippen LogP contribution in [0.5, 0.6) is 0 Å². The third-order valence-electron chi connectivity index (χ3n) is 1.47. The summed E-state index contributed by atoms with van der Waals surface area (Å²) in [4.78, 5) is 21.7. The van der Waals surface area contributed by atoms with Gasteiger partial charge in [-0.1, -0.05) is 6.92 Å². The van der Waals surface area contributed by atoms with Crippen molar-refractivity contribution in [3.05, 3.63) is 0 Å². The number of esters is 1. The first-order valence-corrected chi connectivity index (χ1v) is 4.87. The van der Waals surface area contributed by atoms with E-state index in [4.69, 9.17) is 5.11 Å². The quantitative estimate of drug-likeness (QED) is 0.367. The number of amides is 1. The lowest BCUT2D eigenvalue weighted by atomic mass is 10.3. The van der Waals surface area contributed by atoms with Crippen molar-refractivity contribution in [3.8, 4) is 0 Å². The number of hydrogen-bond donors (Lipinski definition) is 2. The molecule has 1 amide bonds. The molecule has 0 aromatic heterocycles. The van der Waals surface area contributed by atoms with E-state index in [9.17, 15) is 9.59 Å². The van der Waals surface area contributed by atoms with Crippen LogP contribution in [-0.2, 0) is 14.3 Å². The van der Waals surface area contributed by atoms with Crippen molar-refractivity contribution in [2.75, 3.05) is 19.9 Å². The van der Waals surface area contributed by atoms with Crippen LogP contribution in [0.4, 0.5) is 4.79 Å². The second-order valence-corrected chi connectivity index (χ2v) is 2.82. The van der Waals surface area contributed by atoms with Gasteiger partial charge in [0.15, 0.2) is 0 Å². The zero-order valence-electron chi connectivity index (χ0n) is 8.82. The highest BCUT2D eigenvalue weighted by molar-refractivity contribution is 5.70. The lowest BCUT2D eigenvalue weighted by Gasteiger charge is -2.06. The number of alkyl carbamates (subject to hydrolysis) is 1. The SMILES string of the molecule is CCCC(=O)OCOC(=O)NCCCO. The summed E-state index contributed by atoms with van der Waals surface area (Å²) >= 11 is 0. The number of aliphatic hydroxyl groups is 1. The smallest absolute Gasteiger partial charge is 0.410 e. The van der Waals surface area contributed by atoms with Gasteiger partial charge in [-0.05, 0) is 12.8 Å². The van der Waals surface area contributed by atoms with Crippen LogP contribution >= 0.6 is 0 Å². The summed E-state index contributed by atoms with van der Waals surface area (Å²) in [5.74, 6) is -0.388. The molecule has 0 fully saturated rings. The lowest BCUT2D eigenvalue weighted by molar-refractivity contribution is -0.151. The van der Waals surface area contributed by atoms with E-state index in [1.165, 1.54) is 0 Å². The molecule has 0 saturated carbocycles. The Kier molecular flexibility index (Phi) is 8.46. The number of rotatable bonds is 7. The van der Waals surface area contributed by atoms with Crippen molar-refractivity contribution in [2.45, 2.75) is 26.2 Å². The minimum Gasteiger partial charge on any atom is -0.428 e. The molecule has 6 heteroatoms. The second-order valence-electron chi connectivity index (χ2n) is 2.82. The molecule has 0 aromatic rings. The van der Waals surface area contributed by atoms with E-state index < -0.39 is 6.09 Å². The van der Waals surface area contributed by atoms with Crippen molar-refractivity contribution in [2.24, 2.45) is 0 Å². The standard InChI is InChI=1S/C9H17NO5/c1-2-4-8(12)14-7-15-9(13)10-5-3-6-11/h11H,2-7H2,1H3,(H,10,13). The van der Waals surface area contributed by atoms with Crippen molar-refractivity contribution in [3.63, 3.8) is 0 Å². The van der Waals surface area contributed by atoms with Gasteiger partial charge in [0.25, 0.3) is 0 Å². The number of carbonyl (C=O) groups excluding carboxylic acids is 2. The van der Waals surface area contributed by atoms with Crippen molar-refractivity contribution >= 4 is 12.1 Å². The molecule has 15 heavy (non-hydrogen) atoms. The van der Waals surface area contributed by atoms with Crippen LogP contribution in [0.3, 0.4) is 0 Å². The molecular formula is C9H17NO5. The van der Waals surface area contributed by atoms with E-state index in [0.29, 0.717) is 25.8 Å². The molecule has 2 N–H and O–H groups in total. The highest BCUT2D eigenvalue weighted by atomic mass is 16.7. The molecule has 0 unspecified atom stereocenters. The largest absolute Gasteiger partial charge is 0.428 e. The fraction of sp³-hybridized carbons (Fsp3) is 0.778. The van der Waals surface area contributed by atoms with Crippen molar-refractivity contribution < 1.29 is 24.2 Å². The van der Waals surface area contributed by atoms with Gasteiger partial charge < -0.3 is 19.9 Å². The summed E-state index contributed by atoms with van der Waals surface area (Å²) in [6, 6.07) is 0. The summed E-state index contributed by atoms with van der Waals surface area (Å²) in [5, 5.41) is 10.8. The summed E-state index contributed by atoms with van der Waals surface area (Å²) in [7, 11) is 0. The lowest BCUT2D eigenvalue weighted by Crippen LogP contribution is -2.27. The monoisotopic (exact) mass is 219 g/mol. The topological polar surface area (TPSA) is 84.9 Å². The number of carbonyl (C=O) groups is 2. The van der Waals surface area contributed by atoms with Gasteiger partial charge in [-0.3, -0.25) is 4.79 Å². The van der Waals surface area contributed by atoms with Gasteiger partial charge in [-0.25, -0.2) is 4.79 Å². The minimum atomic E-state index is -0.659. The van der Waals surface area contributed by atoms with E-state index in [-0.39, 0.29) is 19.4 Å². The number of ether oxygens (including phenoxy) is 2. The maximum absolute atomic E-state index is 10.9. The molecule has 0 saturated heterocycles. The van der Waals surface area contributed by atoms with Crippen molar-refractivity contribution in [1.82, 2.24) is 5.32 Å². The molecule has 0 aromatic carbocycles. The first-order valence-electron chi connectivity index (χ1n) is 4.87. The predicted molar refractivity (Wildman–Crippen MR) is 52.1 cm³/mol. The van der Waals surface area contributed by atoms with E-state index in [2.05, 4.69) is 14.8 Å². The van der Waals surface area contributed by atoms with Gasteiger partial charge >= 0.3 is 12.1 Å². The van der Waals surface area contributed by atoms with Gasteiger partial charge in [0.05, 0.1) is 0 Å². The van der Waals surface area contributed by atoms with Crippen LogP contribution in [0.2, 0.25) is 0 Å². The summed E-state index contributed by atoms with van der Waals surface area (Å²) < 4.78 is 9.12. The third kappa shape index (κ3) is 9.01. The van der Waals surface area contributed by atoms with Crippen molar-refractivity contribution in [1.29, 1.82) is 0 Å². The third-order valence-corrected chi connectivity index (χ3v) is 1.47. The van der Waals surface area contributed by atoms with Gasteiger partial charge in [0.2, 0.25) is 6.79 Å². The molecule has 0 heterocycles. The first kappa shape index (κ1) is 13.7. The molecule has 0 aliphatic heterocycles. The Hall–Kier alpha value is -1.30. The molecule has 0 aliphatic rings. The van der Waals surface area contributed by atoms with Crippen LogP contribution in [-0.4, -0.2) is 37.1 Å². The Labute approximate surface area is 88.6 Å². The molecule has 88 valence electrons. The van der Waals surface area contributed by atoms with Crippen LogP contribution in [0.1, 0.15) is 26.2 Å². The molecule has 0 rings (SSSR count). The molecule has 0 aliphatic carbocycles. The first-order chi connectivity index (χ1) is 7.20. The minimum absolute atomic E-state index is 0.00572. The Morgan fingerprint density at radius 3 is 2.67 bits per heavy atom. The van der Waals surface area contributed by atoms with E-state index in [0.717, 1.165) is 0 Å². The molecule has 6 nitrogen and oxygen atoms in total. The van der Waals surface area contributed by atoms with Gasteiger partial charge in [-0.2, -0.15) is 0 Å². The second kappa shape index (κ2) is 9.26. The number of hydrogen-bond acceptors (Lipinski definition) is 5. The van der Waals surface area contributed by atoms with E-state index >= 15 is 0 Å². The Morgan fingerprint density at radius 2 is 2.07 bits per heavy atom. The van der Waals surface area contributed by atoms with Gasteiger partial charge in [0, 0.05) is 19.6 Å². The summed E-state index contributed by atoms with van der Waals surface area (Å²) in [6.07, 6.45) is 0.814. The maximum atomic E-state index is 10.9. The van der Waals surface area contributed by atoms with Gasteiger partial charge in [0.1, 0.15) is 0 Å². The van der Waals surface area contributed by atoms with Crippen LogP contribution in [0, 0.1) is 0 Å². The molecule has 0 spiro atoms. The summed E-state index contributed by atoms with van der Waals surface area (Å²) in [6.45, 7) is 1.82. The molecule has 0 bridgehead atoms. The van der Waals surface area contributed by atoms with E-state index in [1.54, 1.807) is 0 Å². The predicted octanol–water partition coefficient (Wildman–Crippen LogP) is 0.396. The molecule has 0 atom stereocenters. The highest BCUT2D eigenvalue weighted by Crippen LogP contribution is 1.91. The Balaban J connectivity index is 3.34. The highest BCUT2D eigenvalue weighted by Gasteiger charge is 2.03. The zero-order chi connectivity index (χ0) is 11.5. The zero-order valence-corrected chi connectivity index (χ0v) is 8.82. The number of aliphatic hydroxyl groups excluding tert-OH is 1. The maximum Gasteiger partial charge on any atom is 0.410 e. The fourth-order valence-electron chi connectivity index (χ4n) is 0.746. The van der Waals surface area contributed by atoms with E-state index in [1.807, 2.05) is 6.92 Å². The molecular weight excluding hydrogens is 202 g/mol. The van der Waals surface area contributed by atoms with Gasteiger partial charge in [-0.15, -0.1) is 0 Å². The summed E-state index contributed by atoms with van der Waals surface area (Å²) in [5.41, 5.74) is 0. The van der Waals surface area contributed by atoms with Crippen LogP contribution in [0.25, 0.3) is 0 Å². The average molecular weight is 219 g/mol. The number of nitrogens with one attached hydrogen (secondary N) is 1. The van der Waals surface area contributed by atoms with Crippen LogP contribution in [0.15, 0.2) is 0 Å². The fourth-order valence-corrected chi connectivity index (χ4v) is 0.746. The van der Waals surface area contributed by atoms with Crippen LogP contribution < -0.4 is 5.32 Å².